The maximum Gasteiger partial charge on any atom is 0.143 e. The number of aromatic hydroxyl groups is 1. The zero-order chi connectivity index (χ0) is 19.9. The number of nitrogens with zero attached hydrogens (tertiary/aromatic N) is 1. The van der Waals surface area contributed by atoms with Crippen molar-refractivity contribution in [2.24, 2.45) is 0 Å². The molecule has 0 aliphatic heterocycles. The highest BCUT2D eigenvalue weighted by molar-refractivity contribution is 6.33. The van der Waals surface area contributed by atoms with Crippen LogP contribution in [-0.2, 0) is 10.8 Å². The molecule has 0 saturated heterocycles. The number of hydrogen-bond acceptors (Lipinski definition) is 4. The van der Waals surface area contributed by atoms with Crippen LogP contribution in [0.3, 0.4) is 0 Å². The van der Waals surface area contributed by atoms with E-state index in [4.69, 9.17) is 17.0 Å². The van der Waals surface area contributed by atoms with Gasteiger partial charge < -0.3 is 15.5 Å². The number of allylic oxidation sites excluding steroid dienone is 2. The first-order valence-corrected chi connectivity index (χ1v) is 9.20. The Morgan fingerprint density at radius 2 is 1.73 bits per heavy atom. The molecule has 1 unspecified atom stereocenters. The zero-order valence-electron chi connectivity index (χ0n) is 16.7. The Balaban J connectivity index is 2.44. The third-order valence-electron chi connectivity index (χ3n) is 4.53. The zero-order valence-corrected chi connectivity index (χ0v) is 17.5. The normalized spacial score (nSPS) is 18.1. The van der Waals surface area contributed by atoms with Gasteiger partial charge in [-0.05, 0) is 34.6 Å². The molecule has 1 aromatic rings. The van der Waals surface area contributed by atoms with Gasteiger partial charge in [0.25, 0.3) is 0 Å². The molecule has 26 heavy (non-hydrogen) atoms. The van der Waals surface area contributed by atoms with E-state index in [2.05, 4.69) is 53.0 Å². The molecule has 5 heteroatoms. The van der Waals surface area contributed by atoms with E-state index in [1.54, 1.807) is 17.2 Å². The molecule has 1 aliphatic carbocycles. The molecule has 1 atom stereocenters. The lowest BCUT2D eigenvalue weighted by molar-refractivity contribution is 0.442. The Bertz CT molecular complexity index is 767. The molecule has 142 valence electrons. The minimum absolute atomic E-state index is 0.0446. The quantitative estimate of drug-likeness (QED) is 0.651. The highest BCUT2D eigenvalue weighted by atomic mass is 35.5. The van der Waals surface area contributed by atoms with Crippen molar-refractivity contribution >= 4 is 23.0 Å². The monoisotopic (exact) mass is 375 g/mol. The predicted molar refractivity (Wildman–Crippen MR) is 112 cm³/mol. The van der Waals surface area contributed by atoms with Crippen LogP contribution in [0.5, 0.6) is 5.75 Å². The summed E-state index contributed by atoms with van der Waals surface area (Å²) in [6.07, 6.45) is 5.24. The summed E-state index contributed by atoms with van der Waals surface area (Å²) < 4.78 is 0. The number of nitrogens with one attached hydrogen (secondary N) is 2. The fourth-order valence-corrected chi connectivity index (χ4v) is 3.04. The smallest absolute Gasteiger partial charge is 0.143 e. The van der Waals surface area contributed by atoms with E-state index < -0.39 is 0 Å². The molecule has 1 aliphatic rings. The second-order valence-corrected chi connectivity index (χ2v) is 9.34. The van der Waals surface area contributed by atoms with Crippen LogP contribution < -0.4 is 10.4 Å². The fourth-order valence-electron chi connectivity index (χ4n) is 2.85. The van der Waals surface area contributed by atoms with Crippen LogP contribution in [0.1, 0.15) is 52.7 Å². The first-order chi connectivity index (χ1) is 11.8. The molecule has 0 saturated carbocycles. The summed E-state index contributed by atoms with van der Waals surface area (Å²) in [5, 5.41) is 21.4. The van der Waals surface area contributed by atoms with Crippen molar-refractivity contribution < 1.29 is 5.11 Å². The summed E-state index contributed by atoms with van der Waals surface area (Å²) in [7, 11) is 1.86. The standard InChI is InChI=1S/C21H30ClN3O/c1-20(2,3)13-10-15(21(4,5)6)19(26)18(11-13)25(7)24-17-9-8-14(22)12-16(17)23/h8-12,17,23-24,26H,1-7H3. The molecule has 0 radical (unpaired) electrons. The van der Waals surface area contributed by atoms with Crippen molar-refractivity contribution in [2.45, 2.75) is 58.4 Å². The van der Waals surface area contributed by atoms with Crippen molar-refractivity contribution in [3.8, 4) is 5.75 Å². The molecule has 0 bridgehead atoms. The number of benzene rings is 1. The van der Waals surface area contributed by atoms with Crippen LogP contribution >= 0.6 is 11.6 Å². The molecule has 0 fully saturated rings. The van der Waals surface area contributed by atoms with Crippen molar-refractivity contribution in [2.75, 3.05) is 12.1 Å². The summed E-state index contributed by atoms with van der Waals surface area (Å²) in [5.74, 6) is 0.264. The molecule has 4 nitrogen and oxygen atoms in total. The van der Waals surface area contributed by atoms with Gasteiger partial charge in [0.1, 0.15) is 5.75 Å². The van der Waals surface area contributed by atoms with E-state index in [0.717, 1.165) is 11.1 Å². The summed E-state index contributed by atoms with van der Waals surface area (Å²) in [6, 6.07) is 3.81. The summed E-state index contributed by atoms with van der Waals surface area (Å²) in [6.45, 7) is 12.8. The maximum absolute atomic E-state index is 10.9. The highest BCUT2D eigenvalue weighted by Crippen LogP contribution is 2.41. The Kier molecular flexibility index (Phi) is 5.60. The van der Waals surface area contributed by atoms with Gasteiger partial charge in [-0.2, -0.15) is 0 Å². The minimum Gasteiger partial charge on any atom is -0.505 e. The number of rotatable bonds is 3. The van der Waals surface area contributed by atoms with Gasteiger partial charge in [-0.1, -0.05) is 65.3 Å². The Hall–Kier alpha value is -1.78. The van der Waals surface area contributed by atoms with E-state index in [-0.39, 0.29) is 22.6 Å². The largest absolute Gasteiger partial charge is 0.505 e. The SMILES string of the molecule is CN(NC1C=CC(Cl)=CC1=N)c1cc(C(C)(C)C)cc(C(C)(C)C)c1O. The van der Waals surface area contributed by atoms with Gasteiger partial charge in [-0.25, -0.2) is 5.43 Å². The third-order valence-corrected chi connectivity index (χ3v) is 4.77. The van der Waals surface area contributed by atoms with Gasteiger partial charge in [0, 0.05) is 17.6 Å². The molecule has 0 amide bonds. The van der Waals surface area contributed by atoms with Crippen LogP contribution in [0.2, 0.25) is 0 Å². The topological polar surface area (TPSA) is 59.4 Å². The average molecular weight is 376 g/mol. The van der Waals surface area contributed by atoms with E-state index in [1.807, 2.05) is 19.2 Å². The predicted octanol–water partition coefficient (Wildman–Crippen LogP) is 5.01. The maximum atomic E-state index is 10.9. The van der Waals surface area contributed by atoms with E-state index in [9.17, 15) is 5.11 Å². The Labute approximate surface area is 162 Å². The molecular formula is C21H30ClN3O. The second kappa shape index (κ2) is 7.09. The van der Waals surface area contributed by atoms with E-state index in [0.29, 0.717) is 16.4 Å². The number of phenolic OH excluding ortho intramolecular Hbond substituents is 1. The highest BCUT2D eigenvalue weighted by Gasteiger charge is 2.27. The fraction of sp³-hybridized carbons (Fsp3) is 0.476. The van der Waals surface area contributed by atoms with Gasteiger partial charge >= 0.3 is 0 Å². The summed E-state index contributed by atoms with van der Waals surface area (Å²) in [5.41, 5.74) is 6.17. The lowest BCUT2D eigenvalue weighted by atomic mass is 9.79. The first kappa shape index (κ1) is 20.5. The lowest BCUT2D eigenvalue weighted by Gasteiger charge is -2.32. The number of anilines is 1. The molecule has 0 spiro atoms. The number of phenols is 1. The van der Waals surface area contributed by atoms with Crippen molar-refractivity contribution in [3.05, 3.63) is 46.5 Å². The van der Waals surface area contributed by atoms with Gasteiger partial charge in [0.05, 0.1) is 17.4 Å². The number of hydrazine groups is 1. The van der Waals surface area contributed by atoms with Crippen LogP contribution in [-0.4, -0.2) is 23.9 Å². The van der Waals surface area contributed by atoms with E-state index in [1.165, 1.54) is 0 Å². The molecular weight excluding hydrogens is 346 g/mol. The van der Waals surface area contributed by atoms with Gasteiger partial charge in [-0.15, -0.1) is 0 Å². The van der Waals surface area contributed by atoms with Crippen LogP contribution in [0, 0.1) is 5.41 Å². The van der Waals surface area contributed by atoms with Crippen LogP contribution in [0.15, 0.2) is 35.4 Å². The average Bonchev–Trinajstić information content (AvgIpc) is 2.47. The van der Waals surface area contributed by atoms with Gasteiger partial charge in [0.15, 0.2) is 0 Å². The number of halogens is 1. The Morgan fingerprint density at radius 3 is 2.23 bits per heavy atom. The van der Waals surface area contributed by atoms with Crippen molar-refractivity contribution in [1.82, 2.24) is 5.43 Å². The molecule has 2 rings (SSSR count). The lowest BCUT2D eigenvalue weighted by Crippen LogP contribution is -2.46. The van der Waals surface area contributed by atoms with E-state index >= 15 is 0 Å². The molecule has 1 aromatic carbocycles. The first-order valence-electron chi connectivity index (χ1n) is 8.82. The van der Waals surface area contributed by atoms with Crippen molar-refractivity contribution in [1.29, 1.82) is 5.41 Å². The minimum atomic E-state index is -0.293. The second-order valence-electron chi connectivity index (χ2n) is 8.90. The third kappa shape index (κ3) is 4.49. The van der Waals surface area contributed by atoms with Crippen LogP contribution in [0.25, 0.3) is 0 Å². The molecule has 3 N–H and O–H groups in total. The van der Waals surface area contributed by atoms with Gasteiger partial charge in [-0.3, -0.25) is 0 Å². The van der Waals surface area contributed by atoms with Crippen LogP contribution in [0.4, 0.5) is 5.69 Å². The van der Waals surface area contributed by atoms with Gasteiger partial charge in [0.2, 0.25) is 0 Å². The Morgan fingerprint density at radius 1 is 1.12 bits per heavy atom. The summed E-state index contributed by atoms with van der Waals surface area (Å²) in [4.78, 5) is 0. The number of hydrogen-bond donors (Lipinski definition) is 3. The molecule has 0 heterocycles. The molecule has 0 aromatic heterocycles. The summed E-state index contributed by atoms with van der Waals surface area (Å²) >= 11 is 5.95. The van der Waals surface area contributed by atoms with Crippen molar-refractivity contribution in [3.63, 3.8) is 0 Å².